The lowest BCUT2D eigenvalue weighted by Gasteiger charge is -2.12. The van der Waals surface area contributed by atoms with Gasteiger partial charge in [-0.2, -0.15) is 4.80 Å². The highest BCUT2D eigenvalue weighted by atomic mass is 32.2. The predicted molar refractivity (Wildman–Crippen MR) is 76.2 cm³/mol. The summed E-state index contributed by atoms with van der Waals surface area (Å²) in [6.07, 6.45) is 2.25. The molecule has 1 fully saturated rings. The van der Waals surface area contributed by atoms with Crippen molar-refractivity contribution in [2.75, 3.05) is 14.1 Å². The van der Waals surface area contributed by atoms with Gasteiger partial charge in [0.05, 0.1) is 11.4 Å². The minimum atomic E-state index is -3.42. The third-order valence-electron chi connectivity index (χ3n) is 3.41. The van der Waals surface area contributed by atoms with Gasteiger partial charge in [0, 0.05) is 20.0 Å². The Labute approximate surface area is 123 Å². The molecule has 0 saturated heterocycles. The fraction of sp³-hybridized carbons (Fsp3) is 0.462. The van der Waals surface area contributed by atoms with Crippen LogP contribution in [-0.2, 0) is 16.6 Å². The summed E-state index contributed by atoms with van der Waals surface area (Å²) < 4.78 is 25.4. The maximum atomic E-state index is 12.1. The van der Waals surface area contributed by atoms with Crippen molar-refractivity contribution in [2.24, 2.45) is 0 Å². The van der Waals surface area contributed by atoms with Crippen molar-refractivity contribution >= 4 is 10.0 Å². The number of tetrazole rings is 1. The van der Waals surface area contributed by atoms with Crippen molar-refractivity contribution in [3.8, 4) is 0 Å². The molecule has 1 aromatic carbocycles. The van der Waals surface area contributed by atoms with E-state index in [0.717, 1.165) is 24.2 Å². The Hall–Kier alpha value is -1.80. The number of rotatable bonds is 5. The average Bonchev–Trinajstić information content (AvgIpc) is 3.20. The van der Waals surface area contributed by atoms with E-state index in [1.807, 2.05) is 6.07 Å². The summed E-state index contributed by atoms with van der Waals surface area (Å²) in [7, 11) is -0.389. The van der Waals surface area contributed by atoms with Crippen LogP contribution in [0.5, 0.6) is 0 Å². The zero-order valence-corrected chi connectivity index (χ0v) is 12.8. The van der Waals surface area contributed by atoms with Gasteiger partial charge in [-0.25, -0.2) is 12.7 Å². The molecule has 0 spiro atoms. The van der Waals surface area contributed by atoms with Gasteiger partial charge < -0.3 is 0 Å². The molecule has 2 aromatic rings. The van der Waals surface area contributed by atoms with Gasteiger partial charge in [-0.1, -0.05) is 12.1 Å². The first-order valence-electron chi connectivity index (χ1n) is 6.76. The molecule has 1 aromatic heterocycles. The number of aromatic nitrogens is 4. The standard InChI is InChI=1S/C13H17N5O2S/c1-17(2)21(19,20)12-5-3-4-10(8-12)9-18-15-13(14-16-18)11-6-7-11/h3-5,8,11H,6-7,9H2,1-2H3. The SMILES string of the molecule is CN(C)S(=O)(=O)c1cccc(Cn2nnc(C3CC3)n2)c1. The van der Waals surface area contributed by atoms with E-state index in [0.29, 0.717) is 12.5 Å². The van der Waals surface area contributed by atoms with Gasteiger partial charge in [0.15, 0.2) is 5.82 Å². The third-order valence-corrected chi connectivity index (χ3v) is 5.22. The first-order valence-corrected chi connectivity index (χ1v) is 8.20. The van der Waals surface area contributed by atoms with Crippen LogP contribution < -0.4 is 0 Å². The van der Waals surface area contributed by atoms with E-state index in [9.17, 15) is 8.42 Å². The molecule has 8 heteroatoms. The van der Waals surface area contributed by atoms with E-state index in [1.165, 1.54) is 23.2 Å². The van der Waals surface area contributed by atoms with Gasteiger partial charge in [0.1, 0.15) is 0 Å². The van der Waals surface area contributed by atoms with Crippen molar-refractivity contribution in [3.05, 3.63) is 35.7 Å². The molecular formula is C13H17N5O2S. The molecular weight excluding hydrogens is 290 g/mol. The maximum Gasteiger partial charge on any atom is 0.242 e. The zero-order valence-electron chi connectivity index (χ0n) is 12.0. The van der Waals surface area contributed by atoms with Gasteiger partial charge >= 0.3 is 0 Å². The highest BCUT2D eigenvalue weighted by Gasteiger charge is 2.28. The molecule has 1 heterocycles. The number of sulfonamides is 1. The maximum absolute atomic E-state index is 12.1. The average molecular weight is 307 g/mol. The van der Waals surface area contributed by atoms with Crippen LogP contribution in [0.2, 0.25) is 0 Å². The third kappa shape index (κ3) is 2.96. The molecule has 1 aliphatic rings. The molecule has 0 N–H and O–H groups in total. The monoisotopic (exact) mass is 307 g/mol. The number of hydrogen-bond acceptors (Lipinski definition) is 5. The highest BCUT2D eigenvalue weighted by Crippen LogP contribution is 2.37. The molecule has 3 rings (SSSR count). The summed E-state index contributed by atoms with van der Waals surface area (Å²) in [6, 6.07) is 6.82. The van der Waals surface area contributed by atoms with E-state index in [4.69, 9.17) is 0 Å². The first-order chi connectivity index (χ1) is 9.96. The van der Waals surface area contributed by atoms with Crippen LogP contribution >= 0.6 is 0 Å². The van der Waals surface area contributed by atoms with E-state index >= 15 is 0 Å². The van der Waals surface area contributed by atoms with Crippen LogP contribution in [0.4, 0.5) is 0 Å². The molecule has 1 saturated carbocycles. The lowest BCUT2D eigenvalue weighted by molar-refractivity contribution is 0.520. The summed E-state index contributed by atoms with van der Waals surface area (Å²) in [5, 5.41) is 12.4. The van der Waals surface area contributed by atoms with Crippen LogP contribution in [0.1, 0.15) is 30.1 Å². The van der Waals surface area contributed by atoms with Crippen molar-refractivity contribution in [1.82, 2.24) is 24.5 Å². The Morgan fingerprint density at radius 2 is 2.10 bits per heavy atom. The van der Waals surface area contributed by atoms with Gasteiger partial charge in [0.25, 0.3) is 0 Å². The fourth-order valence-electron chi connectivity index (χ4n) is 2.01. The summed E-state index contributed by atoms with van der Waals surface area (Å²) in [5.74, 6) is 1.24. The zero-order chi connectivity index (χ0) is 15.0. The Bertz CT molecular complexity index is 749. The summed E-state index contributed by atoms with van der Waals surface area (Å²) in [4.78, 5) is 1.78. The molecule has 0 unspecified atom stereocenters. The number of nitrogens with zero attached hydrogens (tertiary/aromatic N) is 5. The number of benzene rings is 1. The molecule has 0 radical (unpaired) electrons. The second-order valence-electron chi connectivity index (χ2n) is 5.39. The number of hydrogen-bond donors (Lipinski definition) is 0. The molecule has 0 atom stereocenters. The lowest BCUT2D eigenvalue weighted by Crippen LogP contribution is -2.22. The normalized spacial score (nSPS) is 15.6. The van der Waals surface area contributed by atoms with E-state index in [1.54, 1.807) is 18.2 Å². The Kier molecular flexibility index (Phi) is 3.50. The van der Waals surface area contributed by atoms with Crippen LogP contribution in [0.15, 0.2) is 29.2 Å². The van der Waals surface area contributed by atoms with Crippen molar-refractivity contribution in [3.63, 3.8) is 0 Å². The van der Waals surface area contributed by atoms with Gasteiger partial charge in [-0.05, 0) is 35.8 Å². The summed E-state index contributed by atoms with van der Waals surface area (Å²) in [5.41, 5.74) is 0.831. The molecule has 21 heavy (non-hydrogen) atoms. The van der Waals surface area contributed by atoms with Crippen LogP contribution in [0.3, 0.4) is 0 Å². The Balaban J connectivity index is 1.82. The van der Waals surface area contributed by atoms with Crippen LogP contribution in [-0.4, -0.2) is 47.0 Å². The van der Waals surface area contributed by atoms with Crippen molar-refractivity contribution in [2.45, 2.75) is 30.2 Å². The van der Waals surface area contributed by atoms with E-state index in [-0.39, 0.29) is 4.90 Å². The van der Waals surface area contributed by atoms with Crippen LogP contribution in [0.25, 0.3) is 0 Å². The minimum absolute atomic E-state index is 0.271. The Morgan fingerprint density at radius 3 is 2.76 bits per heavy atom. The minimum Gasteiger partial charge on any atom is -0.207 e. The summed E-state index contributed by atoms with van der Waals surface area (Å²) in [6.45, 7) is 0.413. The van der Waals surface area contributed by atoms with E-state index < -0.39 is 10.0 Å². The largest absolute Gasteiger partial charge is 0.242 e. The quantitative estimate of drug-likeness (QED) is 0.818. The lowest BCUT2D eigenvalue weighted by atomic mass is 10.2. The van der Waals surface area contributed by atoms with Gasteiger partial charge in [0.2, 0.25) is 10.0 Å². The highest BCUT2D eigenvalue weighted by molar-refractivity contribution is 7.89. The molecule has 112 valence electrons. The van der Waals surface area contributed by atoms with Gasteiger partial charge in [-0.3, -0.25) is 0 Å². The van der Waals surface area contributed by atoms with E-state index in [2.05, 4.69) is 15.4 Å². The summed E-state index contributed by atoms with van der Waals surface area (Å²) >= 11 is 0. The molecule has 1 aliphatic carbocycles. The van der Waals surface area contributed by atoms with Crippen molar-refractivity contribution in [1.29, 1.82) is 0 Å². The van der Waals surface area contributed by atoms with Crippen LogP contribution in [0, 0.1) is 0 Å². The molecule has 0 bridgehead atoms. The first kappa shape index (κ1) is 14.2. The topological polar surface area (TPSA) is 81.0 Å². The second kappa shape index (κ2) is 5.19. The van der Waals surface area contributed by atoms with Crippen molar-refractivity contribution < 1.29 is 8.42 Å². The molecule has 0 amide bonds. The second-order valence-corrected chi connectivity index (χ2v) is 7.54. The fourth-order valence-corrected chi connectivity index (χ4v) is 2.98. The smallest absolute Gasteiger partial charge is 0.207 e. The predicted octanol–water partition coefficient (Wildman–Crippen LogP) is 0.849. The van der Waals surface area contributed by atoms with Gasteiger partial charge in [-0.15, -0.1) is 10.2 Å². The Morgan fingerprint density at radius 1 is 1.33 bits per heavy atom. The molecule has 0 aliphatic heterocycles. The molecule has 7 nitrogen and oxygen atoms in total.